The van der Waals surface area contributed by atoms with Gasteiger partial charge in [0.2, 0.25) is 23.6 Å². The van der Waals surface area contributed by atoms with Gasteiger partial charge in [0.1, 0.15) is 13.2 Å². The van der Waals surface area contributed by atoms with Crippen molar-refractivity contribution in [2.75, 3.05) is 146 Å². The van der Waals surface area contributed by atoms with Gasteiger partial charge in [0.05, 0.1) is 73.6 Å². The Labute approximate surface area is 672 Å². The standard InChI is InChI=1S/C22H26Cl2N2O.C21H25Cl2N3O.C21H24Cl2N2O2.C20H22Cl2N2O2/c1-3-4-5-22(27)25-12-13-26(20-11-6-16(2)14-19(20)24)21(15-25)17-7-9-18(23)10-8-17;1-15-4-9-19(18(23)12-15)26-11-10-25(21(27)14-24(2)3)13-20(26)16-5-7-17(22)8-6-16;1-3-27-14-21(26)24-10-11-25(19-9-4-15(2)12-18(19)23)20(13-24)16-5-7-17(22)8-6-16;1-14-3-8-18(17(22)11-14)24-10-9-23(20(25)13-26-2)12-19(24)15-4-6-16(21)7-5-15/h6-11,14,21H,3-5,12-13,15H2,1-2H3;4-9,12,20H,10-11,13-14H2,1-3H3;4-9,12,20H,3,10-11,13-14H2,1-2H3;3-8,11,19H,9-10,12-13H2,1-2H3/t21-;2*20-;19-/m0000/s1. The van der Waals surface area contributed by atoms with Crippen molar-refractivity contribution in [3.05, 3.63) is 255 Å². The van der Waals surface area contributed by atoms with Crippen LogP contribution in [0.2, 0.25) is 40.2 Å². The molecular formula is C84H97Cl8N9O6. The lowest BCUT2D eigenvalue weighted by Crippen LogP contribution is -2.52. The van der Waals surface area contributed by atoms with Crippen molar-refractivity contribution >= 4 is 139 Å². The van der Waals surface area contributed by atoms with Crippen LogP contribution in [0, 0.1) is 27.7 Å². The van der Waals surface area contributed by atoms with Crippen molar-refractivity contribution in [3.63, 3.8) is 0 Å². The molecule has 4 aliphatic heterocycles. The lowest BCUT2D eigenvalue weighted by atomic mass is 10.0. The zero-order chi connectivity index (χ0) is 77.0. The highest BCUT2D eigenvalue weighted by Gasteiger charge is 2.37. The number of nitrogens with zero attached hydrogens (tertiary/aromatic N) is 9. The van der Waals surface area contributed by atoms with Gasteiger partial charge in [-0.1, -0.05) is 179 Å². The topological polar surface area (TPSA) is 116 Å². The van der Waals surface area contributed by atoms with Crippen LogP contribution in [-0.2, 0) is 28.7 Å². The van der Waals surface area contributed by atoms with Crippen LogP contribution < -0.4 is 19.6 Å². The third-order valence-electron chi connectivity index (χ3n) is 19.5. The Morgan fingerprint density at radius 1 is 0.374 bits per heavy atom. The predicted octanol–water partition coefficient (Wildman–Crippen LogP) is 19.2. The fraction of sp³-hybridized carbons (Fsp3) is 0.381. The van der Waals surface area contributed by atoms with Crippen LogP contribution in [0.3, 0.4) is 0 Å². The summed E-state index contributed by atoms with van der Waals surface area (Å²) >= 11 is 50.5. The molecule has 0 spiro atoms. The SMILES string of the molecule is CCCCC(=O)N1CCN(c2ccc(C)cc2Cl)[C@H](c2ccc(Cl)cc2)C1.CCOCC(=O)N1CCN(c2ccc(C)cc2Cl)[C@H](c2ccc(Cl)cc2)C1.COCC(=O)N1CCN(c2ccc(C)cc2Cl)[C@H](c2ccc(Cl)cc2)C1.Cc1ccc(N2CCN(C(=O)CN(C)C)C[C@H]2c2ccc(Cl)cc2)c(Cl)c1. The van der Waals surface area contributed by atoms with E-state index >= 15 is 0 Å². The average Bonchev–Trinajstić information content (AvgIpc) is 0.807. The Bertz CT molecular complexity index is 4120. The van der Waals surface area contributed by atoms with Gasteiger partial charge in [-0.3, -0.25) is 19.2 Å². The van der Waals surface area contributed by atoms with Crippen molar-refractivity contribution in [3.8, 4) is 0 Å². The van der Waals surface area contributed by atoms with Gasteiger partial charge in [0.15, 0.2) is 0 Å². The molecule has 4 heterocycles. The second kappa shape index (κ2) is 40.6. The van der Waals surface area contributed by atoms with E-state index in [1.807, 2.05) is 201 Å². The van der Waals surface area contributed by atoms with Gasteiger partial charge in [0, 0.05) is 119 Å². The van der Waals surface area contributed by atoms with Gasteiger partial charge < -0.3 is 53.6 Å². The third-order valence-corrected chi connectivity index (χ3v) is 21.7. The van der Waals surface area contributed by atoms with Gasteiger partial charge in [-0.2, -0.15) is 0 Å². The quantitative estimate of drug-likeness (QED) is 0.0818. The lowest BCUT2D eigenvalue weighted by molar-refractivity contribution is -0.137. The second-order valence-electron chi connectivity index (χ2n) is 27.6. The lowest BCUT2D eigenvalue weighted by Gasteiger charge is -2.43. The van der Waals surface area contributed by atoms with Gasteiger partial charge in [0.25, 0.3) is 0 Å². The van der Waals surface area contributed by atoms with Crippen molar-refractivity contribution in [1.29, 1.82) is 0 Å². The largest absolute Gasteiger partial charge is 0.375 e. The van der Waals surface area contributed by atoms with Crippen molar-refractivity contribution in [2.45, 2.75) is 85.0 Å². The molecule has 0 aromatic heterocycles. The minimum absolute atomic E-state index is 0.00103. The van der Waals surface area contributed by atoms with E-state index in [1.165, 1.54) is 7.11 Å². The zero-order valence-electron chi connectivity index (χ0n) is 62.4. The molecule has 0 saturated carbocycles. The molecule has 23 heteroatoms. The summed E-state index contributed by atoms with van der Waals surface area (Å²) in [6.45, 7) is 21.3. The maximum Gasteiger partial charge on any atom is 0.248 e. The number of anilines is 4. The maximum atomic E-state index is 12.6. The Kier molecular flexibility index (Phi) is 31.9. The predicted molar refractivity (Wildman–Crippen MR) is 444 cm³/mol. The van der Waals surface area contributed by atoms with Crippen LogP contribution in [0.1, 0.15) is 102 Å². The highest BCUT2D eigenvalue weighted by molar-refractivity contribution is 6.35. The molecule has 0 bridgehead atoms. The fourth-order valence-electron chi connectivity index (χ4n) is 13.8. The van der Waals surface area contributed by atoms with Gasteiger partial charge in [-0.25, -0.2) is 0 Å². The summed E-state index contributed by atoms with van der Waals surface area (Å²) in [6, 6.07) is 55.8. The molecule has 8 aromatic rings. The summed E-state index contributed by atoms with van der Waals surface area (Å²) in [6.07, 6.45) is 2.59. The van der Waals surface area contributed by atoms with Crippen molar-refractivity contribution in [2.24, 2.45) is 0 Å². The Balaban J connectivity index is 0.000000165. The molecule has 0 aliphatic carbocycles. The first-order valence-corrected chi connectivity index (χ1v) is 39.3. The molecule has 15 nitrogen and oxygen atoms in total. The molecule has 0 N–H and O–H groups in total. The van der Waals surface area contributed by atoms with E-state index in [2.05, 4.69) is 69.0 Å². The molecule has 4 amide bonds. The summed E-state index contributed by atoms with van der Waals surface area (Å²) in [5.74, 6) is 0.408. The number of likely N-dealkylation sites (N-methyl/N-ethyl adjacent to an activating group) is 1. The number of carbonyl (C=O) groups excluding carboxylic acids is 4. The summed E-state index contributed by atoms with van der Waals surface area (Å²) in [4.78, 5) is 68.7. The summed E-state index contributed by atoms with van der Waals surface area (Å²) in [5, 5.41) is 5.74. The number of carbonyl (C=O) groups is 4. The third kappa shape index (κ3) is 23.3. The highest BCUT2D eigenvalue weighted by atomic mass is 35.5. The number of hydrogen-bond donors (Lipinski definition) is 0. The number of benzene rings is 8. The Morgan fingerprint density at radius 3 is 0.897 bits per heavy atom. The van der Waals surface area contributed by atoms with E-state index in [4.69, 9.17) is 102 Å². The molecule has 570 valence electrons. The van der Waals surface area contributed by atoms with Crippen LogP contribution in [0.4, 0.5) is 22.7 Å². The van der Waals surface area contributed by atoms with E-state index in [-0.39, 0.29) is 61.0 Å². The van der Waals surface area contributed by atoms with Crippen LogP contribution in [0.15, 0.2) is 170 Å². The summed E-state index contributed by atoms with van der Waals surface area (Å²) in [5.41, 5.74) is 13.0. The van der Waals surface area contributed by atoms with Crippen LogP contribution in [-0.4, -0.2) is 174 Å². The van der Waals surface area contributed by atoms with Crippen LogP contribution in [0.25, 0.3) is 0 Å². The van der Waals surface area contributed by atoms with E-state index in [0.29, 0.717) is 98.6 Å². The molecule has 4 aliphatic rings. The Morgan fingerprint density at radius 2 is 0.645 bits per heavy atom. The monoisotopic (exact) mass is 1610 g/mol. The first-order valence-electron chi connectivity index (χ1n) is 36.3. The summed E-state index contributed by atoms with van der Waals surface area (Å²) in [7, 11) is 5.37. The molecule has 107 heavy (non-hydrogen) atoms. The summed E-state index contributed by atoms with van der Waals surface area (Å²) < 4.78 is 10.3. The highest BCUT2D eigenvalue weighted by Crippen LogP contribution is 2.41. The molecule has 4 saturated heterocycles. The van der Waals surface area contributed by atoms with Crippen LogP contribution >= 0.6 is 92.8 Å². The first kappa shape index (κ1) is 84.1. The smallest absolute Gasteiger partial charge is 0.248 e. The molecule has 4 fully saturated rings. The molecule has 0 unspecified atom stereocenters. The number of hydrogen-bond acceptors (Lipinski definition) is 11. The molecule has 8 aromatic carbocycles. The zero-order valence-corrected chi connectivity index (χ0v) is 68.5. The number of rotatable bonds is 18. The average molecular weight is 1610 g/mol. The van der Waals surface area contributed by atoms with E-state index < -0.39 is 0 Å². The minimum Gasteiger partial charge on any atom is -0.375 e. The van der Waals surface area contributed by atoms with Gasteiger partial charge in [-0.15, -0.1) is 0 Å². The number of unbranched alkanes of at least 4 members (excludes halogenated alkanes) is 1. The van der Waals surface area contributed by atoms with E-state index in [0.717, 1.165) is 120 Å². The molecule has 0 radical (unpaired) electrons. The number of ether oxygens (including phenoxy) is 2. The Hall–Kier alpha value is -6.96. The maximum absolute atomic E-state index is 12.6. The van der Waals surface area contributed by atoms with E-state index in [1.54, 1.807) is 0 Å². The molecule has 12 rings (SSSR count). The molecule has 4 atom stereocenters. The van der Waals surface area contributed by atoms with E-state index in [9.17, 15) is 19.2 Å². The van der Waals surface area contributed by atoms with Crippen LogP contribution in [0.5, 0.6) is 0 Å². The second-order valence-corrected chi connectivity index (χ2v) is 31.0. The number of halogens is 8. The normalized spacial score (nSPS) is 17.4. The number of amides is 4. The number of methoxy groups -OCH3 is 1. The minimum atomic E-state index is 0.00103. The number of aryl methyl sites for hydroxylation is 4. The number of piperazine rings is 4. The van der Waals surface area contributed by atoms with Gasteiger partial charge >= 0.3 is 0 Å². The first-order chi connectivity index (χ1) is 51.3. The van der Waals surface area contributed by atoms with Crippen molar-refractivity contribution in [1.82, 2.24) is 24.5 Å². The fourth-order valence-corrected chi connectivity index (χ4v) is 15.7. The van der Waals surface area contributed by atoms with Crippen molar-refractivity contribution < 1.29 is 28.7 Å². The molecular weight excluding hydrogens is 1510 g/mol. The van der Waals surface area contributed by atoms with Gasteiger partial charge in [-0.05, 0) is 197 Å².